The predicted molar refractivity (Wildman–Crippen MR) is 82.7 cm³/mol. The maximum absolute atomic E-state index is 4.73. The third-order valence-corrected chi connectivity index (χ3v) is 3.60. The topological polar surface area (TPSA) is 68.5 Å². The summed E-state index contributed by atoms with van der Waals surface area (Å²) in [6.45, 7) is 8.28. The zero-order chi connectivity index (χ0) is 15.1. The van der Waals surface area contributed by atoms with Gasteiger partial charge in [0.1, 0.15) is 17.3 Å². The first-order valence-electron chi connectivity index (χ1n) is 6.38. The van der Waals surface area contributed by atoms with Crippen molar-refractivity contribution in [3.63, 3.8) is 0 Å². The van der Waals surface area contributed by atoms with Crippen LogP contribution in [0.3, 0.4) is 0 Å². The van der Waals surface area contributed by atoms with E-state index in [-0.39, 0.29) is 5.41 Å². The van der Waals surface area contributed by atoms with Crippen LogP contribution in [-0.2, 0) is 12.5 Å². The molecule has 108 valence electrons. The van der Waals surface area contributed by atoms with E-state index < -0.39 is 0 Å². The molecule has 2 heterocycles. The highest BCUT2D eigenvalue weighted by atomic mass is 79.9. The van der Waals surface area contributed by atoms with Gasteiger partial charge in [-0.25, -0.2) is 14.6 Å². The molecule has 2 aromatic heterocycles. The van der Waals surface area contributed by atoms with Crippen molar-refractivity contribution in [1.82, 2.24) is 25.0 Å². The van der Waals surface area contributed by atoms with Gasteiger partial charge in [-0.3, -0.25) is 0 Å². The fraction of sp³-hybridized carbons (Fsp3) is 0.538. The second-order valence-electron chi connectivity index (χ2n) is 5.72. The number of hydrogen-bond donors (Lipinski definition) is 1. The summed E-state index contributed by atoms with van der Waals surface area (Å²) in [6, 6.07) is 0. The van der Waals surface area contributed by atoms with Crippen LogP contribution in [0.15, 0.2) is 4.60 Å². The Morgan fingerprint density at radius 3 is 2.30 bits per heavy atom. The van der Waals surface area contributed by atoms with Crippen LogP contribution in [0.25, 0.3) is 11.4 Å². The van der Waals surface area contributed by atoms with E-state index in [2.05, 4.69) is 57.3 Å². The number of nitrogens with one attached hydrogen (secondary N) is 1. The molecule has 0 bridgehead atoms. The molecule has 0 aliphatic carbocycles. The molecule has 20 heavy (non-hydrogen) atoms. The molecule has 0 spiro atoms. The van der Waals surface area contributed by atoms with Crippen molar-refractivity contribution < 1.29 is 0 Å². The summed E-state index contributed by atoms with van der Waals surface area (Å²) in [6.07, 6.45) is 0. The Morgan fingerprint density at radius 1 is 1.20 bits per heavy atom. The van der Waals surface area contributed by atoms with E-state index in [1.807, 2.05) is 21.0 Å². The highest BCUT2D eigenvalue weighted by molar-refractivity contribution is 9.10. The normalized spacial score (nSPS) is 11.8. The largest absolute Gasteiger partial charge is 0.373 e. The molecule has 2 rings (SSSR count). The molecule has 0 amide bonds. The van der Waals surface area contributed by atoms with Gasteiger partial charge in [-0.2, -0.15) is 0 Å². The first kappa shape index (κ1) is 14.9. The van der Waals surface area contributed by atoms with Gasteiger partial charge in [-0.1, -0.05) is 26.0 Å². The maximum Gasteiger partial charge on any atom is 0.157 e. The summed E-state index contributed by atoms with van der Waals surface area (Å²) in [5.41, 5.74) is 2.54. The van der Waals surface area contributed by atoms with Crippen LogP contribution in [0.5, 0.6) is 0 Å². The Balaban J connectivity index is 2.76. The Hall–Kier alpha value is -1.50. The van der Waals surface area contributed by atoms with Crippen LogP contribution >= 0.6 is 15.9 Å². The molecule has 0 aliphatic rings. The van der Waals surface area contributed by atoms with Crippen LogP contribution in [0.1, 0.15) is 32.2 Å². The lowest BCUT2D eigenvalue weighted by Crippen LogP contribution is -2.18. The fourth-order valence-electron chi connectivity index (χ4n) is 1.91. The molecule has 2 aromatic rings. The van der Waals surface area contributed by atoms with Crippen LogP contribution in [-0.4, -0.2) is 32.0 Å². The first-order valence-corrected chi connectivity index (χ1v) is 7.17. The average Bonchev–Trinajstić information content (AvgIpc) is 2.68. The van der Waals surface area contributed by atoms with Gasteiger partial charge < -0.3 is 5.32 Å². The molecule has 0 atom stereocenters. The van der Waals surface area contributed by atoms with E-state index in [4.69, 9.17) is 4.98 Å². The lowest BCUT2D eigenvalue weighted by Gasteiger charge is -2.20. The SMILES string of the molecule is CNc1nc(C(C)(C)C)nc(-c2c(Br)nnn2C)c1C. The van der Waals surface area contributed by atoms with Crippen LogP contribution in [0, 0.1) is 6.92 Å². The van der Waals surface area contributed by atoms with Gasteiger partial charge >= 0.3 is 0 Å². The summed E-state index contributed by atoms with van der Waals surface area (Å²) in [5, 5.41) is 11.2. The minimum atomic E-state index is -0.132. The van der Waals surface area contributed by atoms with Gasteiger partial charge in [-0.15, -0.1) is 5.10 Å². The fourth-order valence-corrected chi connectivity index (χ4v) is 2.42. The van der Waals surface area contributed by atoms with Gasteiger partial charge in [0.25, 0.3) is 0 Å². The Kier molecular flexibility index (Phi) is 3.82. The van der Waals surface area contributed by atoms with Crippen molar-refractivity contribution in [3.05, 3.63) is 16.0 Å². The molecule has 0 fully saturated rings. The van der Waals surface area contributed by atoms with Crippen molar-refractivity contribution >= 4 is 21.7 Å². The second kappa shape index (κ2) is 5.12. The average molecular weight is 339 g/mol. The predicted octanol–water partition coefficient (Wildman–Crippen LogP) is 2.68. The number of anilines is 1. The van der Waals surface area contributed by atoms with Crippen molar-refractivity contribution in [2.24, 2.45) is 7.05 Å². The maximum atomic E-state index is 4.73. The molecule has 0 aliphatic heterocycles. The molecular formula is C13H19BrN6. The summed E-state index contributed by atoms with van der Waals surface area (Å²) in [5.74, 6) is 1.61. The van der Waals surface area contributed by atoms with Gasteiger partial charge in [0.15, 0.2) is 4.60 Å². The number of rotatable bonds is 2. The zero-order valence-corrected chi connectivity index (χ0v) is 14.2. The molecule has 0 saturated heterocycles. The van der Waals surface area contributed by atoms with Gasteiger partial charge in [0.05, 0.1) is 5.69 Å². The molecule has 1 N–H and O–H groups in total. The van der Waals surface area contributed by atoms with Crippen LogP contribution < -0.4 is 5.32 Å². The number of nitrogens with zero attached hydrogens (tertiary/aromatic N) is 5. The third kappa shape index (κ3) is 2.54. The van der Waals surface area contributed by atoms with E-state index in [1.165, 1.54) is 0 Å². The Morgan fingerprint density at radius 2 is 1.85 bits per heavy atom. The van der Waals surface area contributed by atoms with Crippen molar-refractivity contribution in [2.45, 2.75) is 33.1 Å². The minimum absolute atomic E-state index is 0.132. The van der Waals surface area contributed by atoms with Crippen molar-refractivity contribution in [2.75, 3.05) is 12.4 Å². The Labute approximate surface area is 127 Å². The smallest absolute Gasteiger partial charge is 0.157 e. The molecule has 0 aromatic carbocycles. The number of hydrogen-bond acceptors (Lipinski definition) is 5. The van der Waals surface area contributed by atoms with Gasteiger partial charge in [-0.05, 0) is 22.9 Å². The first-order chi connectivity index (χ1) is 9.25. The summed E-state index contributed by atoms with van der Waals surface area (Å²) >= 11 is 3.43. The molecule has 0 radical (unpaired) electrons. The van der Waals surface area contributed by atoms with Gasteiger partial charge in [0.2, 0.25) is 0 Å². The van der Waals surface area contributed by atoms with Crippen molar-refractivity contribution in [1.29, 1.82) is 0 Å². The van der Waals surface area contributed by atoms with E-state index in [9.17, 15) is 0 Å². The van der Waals surface area contributed by atoms with Gasteiger partial charge in [0, 0.05) is 25.1 Å². The number of aromatic nitrogens is 5. The minimum Gasteiger partial charge on any atom is -0.373 e. The van der Waals surface area contributed by atoms with E-state index in [0.29, 0.717) is 4.60 Å². The third-order valence-electron chi connectivity index (χ3n) is 3.06. The second-order valence-corrected chi connectivity index (χ2v) is 6.47. The summed E-state index contributed by atoms with van der Waals surface area (Å²) in [7, 11) is 3.71. The molecule has 7 heteroatoms. The number of aryl methyl sites for hydroxylation is 1. The lowest BCUT2D eigenvalue weighted by atomic mass is 9.95. The molecular weight excluding hydrogens is 320 g/mol. The van der Waals surface area contributed by atoms with E-state index >= 15 is 0 Å². The quantitative estimate of drug-likeness (QED) is 0.911. The van der Waals surface area contributed by atoms with Crippen molar-refractivity contribution in [3.8, 4) is 11.4 Å². The highest BCUT2D eigenvalue weighted by Crippen LogP contribution is 2.32. The van der Waals surface area contributed by atoms with E-state index in [1.54, 1.807) is 4.68 Å². The number of halogens is 1. The highest BCUT2D eigenvalue weighted by Gasteiger charge is 2.24. The standard InChI is InChI=1S/C13H19BrN6/c1-7-8(9-10(14)18-19-20(9)6)16-12(13(2,3)4)17-11(7)15-5/h1-6H3,(H,15,16,17). The molecule has 0 saturated carbocycles. The summed E-state index contributed by atoms with van der Waals surface area (Å²) < 4.78 is 2.40. The zero-order valence-electron chi connectivity index (χ0n) is 12.6. The van der Waals surface area contributed by atoms with E-state index in [0.717, 1.165) is 28.6 Å². The summed E-state index contributed by atoms with van der Waals surface area (Å²) in [4.78, 5) is 9.34. The lowest BCUT2D eigenvalue weighted by molar-refractivity contribution is 0.546. The monoisotopic (exact) mass is 338 g/mol. The van der Waals surface area contributed by atoms with Crippen LogP contribution in [0.2, 0.25) is 0 Å². The molecule has 6 nitrogen and oxygen atoms in total. The Bertz CT molecular complexity index is 622. The molecule has 0 unspecified atom stereocenters. The van der Waals surface area contributed by atoms with Crippen LogP contribution in [0.4, 0.5) is 5.82 Å².